The quantitative estimate of drug-likeness (QED) is 0.150. The lowest BCUT2D eigenvalue weighted by molar-refractivity contribution is -0.138. The predicted molar refractivity (Wildman–Crippen MR) is 191 cm³/mol. The van der Waals surface area contributed by atoms with Crippen LogP contribution >= 0.6 is 0 Å². The highest BCUT2D eigenvalue weighted by molar-refractivity contribution is 6.04. The van der Waals surface area contributed by atoms with Crippen LogP contribution < -0.4 is 5.32 Å². The van der Waals surface area contributed by atoms with Crippen molar-refractivity contribution in [3.8, 4) is 11.3 Å². The van der Waals surface area contributed by atoms with Gasteiger partial charge in [0.05, 0.1) is 22.9 Å². The van der Waals surface area contributed by atoms with Gasteiger partial charge in [-0.2, -0.15) is 13.2 Å². The number of carbonyl (C=O) groups is 2. The number of nitrogens with zero attached hydrogens (tertiary/aromatic N) is 4. The molecule has 1 N–H and O–H groups in total. The summed E-state index contributed by atoms with van der Waals surface area (Å²) in [6.07, 6.45) is 0.771. The molecule has 5 aromatic rings. The summed E-state index contributed by atoms with van der Waals surface area (Å²) in [4.78, 5) is 41.4. The van der Waals surface area contributed by atoms with Gasteiger partial charge in [0.2, 0.25) is 11.8 Å². The molecular formula is C41H38F3N5O2. The molecule has 1 aliphatic heterocycles. The number of halogens is 3. The number of aromatic nitrogens is 2. The molecule has 3 heterocycles. The average molecular weight is 690 g/mol. The van der Waals surface area contributed by atoms with Crippen LogP contribution in [0.2, 0.25) is 0 Å². The Labute approximate surface area is 295 Å². The Kier molecular flexibility index (Phi) is 11.3. The van der Waals surface area contributed by atoms with Crippen molar-refractivity contribution in [1.29, 1.82) is 0 Å². The van der Waals surface area contributed by atoms with Crippen molar-refractivity contribution in [2.24, 2.45) is 5.92 Å². The first-order valence-electron chi connectivity index (χ1n) is 16.9. The summed E-state index contributed by atoms with van der Waals surface area (Å²) in [6, 6.07) is 33.2. The van der Waals surface area contributed by atoms with Crippen molar-refractivity contribution in [3.63, 3.8) is 0 Å². The van der Waals surface area contributed by atoms with Gasteiger partial charge in [0.25, 0.3) is 0 Å². The molecule has 1 atom stereocenters. The fourth-order valence-corrected chi connectivity index (χ4v) is 6.13. The Morgan fingerprint density at radius 1 is 0.745 bits per heavy atom. The minimum absolute atomic E-state index is 0.185. The molecule has 3 aromatic carbocycles. The maximum absolute atomic E-state index is 14.5. The second-order valence-electron chi connectivity index (χ2n) is 12.5. The lowest BCUT2D eigenvalue weighted by Crippen LogP contribution is -2.51. The van der Waals surface area contributed by atoms with Gasteiger partial charge in [-0.1, -0.05) is 78.9 Å². The van der Waals surface area contributed by atoms with Crippen LogP contribution in [0.25, 0.3) is 17.3 Å². The third-order valence-corrected chi connectivity index (χ3v) is 8.94. The highest BCUT2D eigenvalue weighted by Gasteiger charge is 2.34. The van der Waals surface area contributed by atoms with Crippen LogP contribution in [0, 0.1) is 5.92 Å². The van der Waals surface area contributed by atoms with Gasteiger partial charge in [-0.25, -0.2) is 0 Å². The molecule has 0 bridgehead atoms. The number of piperazine rings is 1. The smallest absolute Gasteiger partial charge is 0.348 e. The lowest BCUT2D eigenvalue weighted by atomic mass is 9.88. The molecule has 0 saturated carbocycles. The lowest BCUT2D eigenvalue weighted by Gasteiger charge is -2.36. The molecule has 0 spiro atoms. The van der Waals surface area contributed by atoms with Crippen LogP contribution in [0.3, 0.4) is 0 Å². The van der Waals surface area contributed by atoms with Gasteiger partial charge in [0.15, 0.2) is 0 Å². The normalized spacial score (nSPS) is 14.6. The van der Waals surface area contributed by atoms with E-state index in [9.17, 15) is 22.8 Å². The summed E-state index contributed by atoms with van der Waals surface area (Å²) >= 11 is 0. The molecule has 0 unspecified atom stereocenters. The van der Waals surface area contributed by atoms with Gasteiger partial charge in [0, 0.05) is 62.8 Å². The number of hydrogen-bond donors (Lipinski definition) is 1. The minimum atomic E-state index is -4.50. The van der Waals surface area contributed by atoms with Gasteiger partial charge >= 0.3 is 6.18 Å². The van der Waals surface area contributed by atoms with Gasteiger partial charge in [-0.3, -0.25) is 24.5 Å². The Morgan fingerprint density at radius 3 is 2.04 bits per heavy atom. The summed E-state index contributed by atoms with van der Waals surface area (Å²) < 4.78 is 40.2. The van der Waals surface area contributed by atoms with Gasteiger partial charge in [0.1, 0.15) is 0 Å². The van der Waals surface area contributed by atoms with E-state index in [0.29, 0.717) is 38.3 Å². The van der Waals surface area contributed by atoms with E-state index in [1.807, 2.05) is 91.0 Å². The number of amides is 2. The van der Waals surface area contributed by atoms with E-state index in [0.717, 1.165) is 40.2 Å². The van der Waals surface area contributed by atoms with Gasteiger partial charge < -0.3 is 10.2 Å². The fraction of sp³-hybridized carbons (Fsp3) is 0.220. The first-order valence-corrected chi connectivity index (χ1v) is 16.9. The van der Waals surface area contributed by atoms with Gasteiger partial charge in [-0.15, -0.1) is 0 Å². The molecule has 0 aliphatic carbocycles. The second-order valence-corrected chi connectivity index (χ2v) is 12.5. The topological polar surface area (TPSA) is 78.4 Å². The summed E-state index contributed by atoms with van der Waals surface area (Å²) in [5, 5.41) is 2.98. The Bertz CT molecular complexity index is 1910. The maximum Gasteiger partial charge on any atom is 0.416 e. The first kappa shape index (κ1) is 35.2. The van der Waals surface area contributed by atoms with Crippen LogP contribution in [0.15, 0.2) is 133 Å². The van der Waals surface area contributed by atoms with E-state index in [1.54, 1.807) is 23.4 Å². The summed E-state index contributed by atoms with van der Waals surface area (Å²) in [7, 11) is 0. The standard InChI is InChI=1S/C41H38F3N5O2/c42-41(43,44)34-18-14-31(15-19-34)26-36(39(50)47-28-32-12-16-33(17-13-32)38-11-5-7-21-46-38)37(27-30-8-2-1-3-9-30)40(51)49-24-22-48(23-25-49)29-35-10-4-6-20-45-35/h1-21,26,37H,22-25,27-29H2,(H,47,50)/t37-/m0/s1. The third kappa shape index (κ3) is 9.55. The molecular weight excluding hydrogens is 651 g/mol. The monoisotopic (exact) mass is 689 g/mol. The second kappa shape index (κ2) is 16.4. The maximum atomic E-state index is 14.5. The summed E-state index contributed by atoms with van der Waals surface area (Å²) in [5.41, 5.74) is 4.19. The zero-order valence-electron chi connectivity index (χ0n) is 28.0. The average Bonchev–Trinajstić information content (AvgIpc) is 3.16. The zero-order valence-corrected chi connectivity index (χ0v) is 28.0. The van der Waals surface area contributed by atoms with Crippen LogP contribution in [0.1, 0.15) is 27.9 Å². The van der Waals surface area contributed by atoms with Crippen LogP contribution in [-0.4, -0.2) is 57.8 Å². The van der Waals surface area contributed by atoms with Crippen LogP contribution in [-0.2, 0) is 35.3 Å². The largest absolute Gasteiger partial charge is 0.416 e. The molecule has 1 aliphatic rings. The molecule has 10 heteroatoms. The van der Waals surface area contributed by atoms with Crippen LogP contribution in [0.5, 0.6) is 0 Å². The van der Waals surface area contributed by atoms with Crippen molar-refractivity contribution in [2.75, 3.05) is 26.2 Å². The Morgan fingerprint density at radius 2 is 1.41 bits per heavy atom. The number of pyridine rings is 2. The first-order chi connectivity index (χ1) is 24.7. The number of carbonyl (C=O) groups excluding carboxylic acids is 2. The van der Waals surface area contributed by atoms with Crippen molar-refractivity contribution >= 4 is 17.9 Å². The number of alkyl halides is 3. The molecule has 1 saturated heterocycles. The van der Waals surface area contributed by atoms with Crippen molar-refractivity contribution < 1.29 is 22.8 Å². The number of rotatable bonds is 11. The van der Waals surface area contributed by atoms with E-state index < -0.39 is 23.6 Å². The number of benzene rings is 3. The molecule has 7 nitrogen and oxygen atoms in total. The fourth-order valence-electron chi connectivity index (χ4n) is 6.13. The molecule has 1 fully saturated rings. The molecule has 6 rings (SSSR count). The van der Waals surface area contributed by atoms with Crippen LogP contribution in [0.4, 0.5) is 13.2 Å². The predicted octanol–water partition coefficient (Wildman–Crippen LogP) is 7.07. The molecule has 260 valence electrons. The summed E-state index contributed by atoms with van der Waals surface area (Å²) in [5.74, 6) is -1.56. The Balaban J connectivity index is 1.26. The van der Waals surface area contributed by atoms with Crippen molar-refractivity contribution in [1.82, 2.24) is 25.1 Å². The summed E-state index contributed by atoms with van der Waals surface area (Å²) in [6.45, 7) is 3.06. The highest BCUT2D eigenvalue weighted by atomic mass is 19.4. The highest BCUT2D eigenvalue weighted by Crippen LogP contribution is 2.30. The molecule has 2 aromatic heterocycles. The zero-order chi connectivity index (χ0) is 35.6. The third-order valence-electron chi connectivity index (χ3n) is 8.94. The van der Waals surface area contributed by atoms with E-state index in [4.69, 9.17) is 0 Å². The van der Waals surface area contributed by atoms with E-state index >= 15 is 0 Å². The van der Waals surface area contributed by atoms with E-state index in [-0.39, 0.29) is 24.4 Å². The SMILES string of the molecule is O=C(NCc1ccc(-c2ccccn2)cc1)C(=Cc1ccc(C(F)(F)F)cc1)[C@H](Cc1ccccc1)C(=O)N1CCN(Cc2ccccn2)CC1. The molecule has 0 radical (unpaired) electrons. The van der Waals surface area contributed by atoms with Crippen molar-refractivity contribution in [2.45, 2.75) is 25.7 Å². The Hall–Kier alpha value is -5.61. The molecule has 2 amide bonds. The van der Waals surface area contributed by atoms with Crippen molar-refractivity contribution in [3.05, 3.63) is 161 Å². The minimum Gasteiger partial charge on any atom is -0.348 e. The van der Waals surface area contributed by atoms with E-state index in [1.165, 1.54) is 12.1 Å². The molecule has 51 heavy (non-hydrogen) atoms. The van der Waals surface area contributed by atoms with E-state index in [2.05, 4.69) is 20.2 Å². The number of hydrogen-bond acceptors (Lipinski definition) is 5. The number of nitrogens with one attached hydrogen (secondary N) is 1. The van der Waals surface area contributed by atoms with Gasteiger partial charge in [-0.05, 0) is 65.6 Å².